The summed E-state index contributed by atoms with van der Waals surface area (Å²) in [4.78, 5) is 47.9. The summed E-state index contributed by atoms with van der Waals surface area (Å²) in [7, 11) is 0. The van der Waals surface area contributed by atoms with E-state index in [1.165, 1.54) is 6.92 Å². The SMILES string of the molecule is CC(O)C(NC(=O)C(CCCCN)NC(=O)C(CS)NC(=O)C(N)CO)C(=O)O. The number of thiol groups is 1. The van der Waals surface area contributed by atoms with Crippen molar-refractivity contribution in [2.45, 2.75) is 56.5 Å². The number of hydrogen-bond donors (Lipinski definition) is 9. The Labute approximate surface area is 174 Å². The Morgan fingerprint density at radius 1 is 1.00 bits per heavy atom. The molecule has 0 aliphatic heterocycles. The maximum Gasteiger partial charge on any atom is 0.328 e. The van der Waals surface area contributed by atoms with Crippen molar-refractivity contribution >= 4 is 36.3 Å². The van der Waals surface area contributed by atoms with Crippen molar-refractivity contribution < 1.29 is 34.5 Å². The molecule has 13 heteroatoms. The van der Waals surface area contributed by atoms with Gasteiger partial charge < -0.3 is 42.7 Å². The topological polar surface area (TPSA) is 217 Å². The van der Waals surface area contributed by atoms with Crippen LogP contribution in [0.2, 0.25) is 0 Å². The first-order valence-electron chi connectivity index (χ1n) is 9.08. The number of aliphatic hydroxyl groups is 2. The zero-order valence-corrected chi connectivity index (χ0v) is 17.1. The van der Waals surface area contributed by atoms with Gasteiger partial charge in [0.05, 0.1) is 12.7 Å². The second-order valence-corrected chi connectivity index (χ2v) is 6.81. The fourth-order valence-electron chi connectivity index (χ4n) is 2.23. The van der Waals surface area contributed by atoms with Crippen molar-refractivity contribution in [3.05, 3.63) is 0 Å². The van der Waals surface area contributed by atoms with Gasteiger partial charge in [-0.05, 0) is 32.7 Å². The van der Waals surface area contributed by atoms with E-state index in [-0.39, 0.29) is 12.2 Å². The van der Waals surface area contributed by atoms with E-state index >= 15 is 0 Å². The lowest BCUT2D eigenvalue weighted by atomic mass is 10.1. The Morgan fingerprint density at radius 3 is 2.00 bits per heavy atom. The van der Waals surface area contributed by atoms with Gasteiger partial charge in [-0.3, -0.25) is 14.4 Å². The van der Waals surface area contributed by atoms with Crippen LogP contribution in [0.1, 0.15) is 26.2 Å². The summed E-state index contributed by atoms with van der Waals surface area (Å²) in [6.45, 7) is 0.951. The molecule has 168 valence electrons. The first kappa shape index (κ1) is 27.1. The fraction of sp³-hybridized carbons (Fsp3) is 0.750. The molecular formula is C16H31N5O7S. The Bertz CT molecular complexity index is 564. The van der Waals surface area contributed by atoms with Crippen LogP contribution in [0.4, 0.5) is 0 Å². The molecule has 5 atom stereocenters. The first-order valence-corrected chi connectivity index (χ1v) is 9.71. The average molecular weight is 438 g/mol. The van der Waals surface area contributed by atoms with Crippen LogP contribution in [0.3, 0.4) is 0 Å². The van der Waals surface area contributed by atoms with E-state index in [0.29, 0.717) is 19.4 Å². The molecule has 0 radical (unpaired) electrons. The molecule has 12 nitrogen and oxygen atoms in total. The number of aliphatic hydroxyl groups excluding tert-OH is 2. The molecule has 10 N–H and O–H groups in total. The standard InChI is InChI=1S/C16H31N5O7S/c1-8(23)12(16(27)28)21-14(25)10(4-2-3-5-17)19-15(26)11(7-29)20-13(24)9(18)6-22/h8-12,22-23,29H,2-7,17-18H2,1H3,(H,19,26)(H,20,24)(H,21,25)(H,27,28). The van der Waals surface area contributed by atoms with E-state index < -0.39 is 60.6 Å². The average Bonchev–Trinajstić information content (AvgIpc) is 2.67. The number of aliphatic carboxylic acids is 1. The quantitative estimate of drug-likeness (QED) is 0.0962. The third kappa shape index (κ3) is 9.89. The third-order valence-electron chi connectivity index (χ3n) is 3.98. The van der Waals surface area contributed by atoms with Gasteiger partial charge in [-0.15, -0.1) is 0 Å². The predicted molar refractivity (Wildman–Crippen MR) is 107 cm³/mol. The van der Waals surface area contributed by atoms with Gasteiger partial charge in [0.25, 0.3) is 0 Å². The highest BCUT2D eigenvalue weighted by Gasteiger charge is 2.31. The van der Waals surface area contributed by atoms with Gasteiger partial charge in [0.15, 0.2) is 6.04 Å². The van der Waals surface area contributed by atoms with Gasteiger partial charge in [0.2, 0.25) is 17.7 Å². The zero-order chi connectivity index (χ0) is 22.6. The van der Waals surface area contributed by atoms with Crippen LogP contribution < -0.4 is 27.4 Å². The number of hydrogen-bond acceptors (Lipinski definition) is 9. The van der Waals surface area contributed by atoms with Crippen LogP contribution >= 0.6 is 12.6 Å². The van der Waals surface area contributed by atoms with Gasteiger partial charge >= 0.3 is 5.97 Å². The summed E-state index contributed by atoms with van der Waals surface area (Å²) < 4.78 is 0. The molecule has 29 heavy (non-hydrogen) atoms. The van der Waals surface area contributed by atoms with Gasteiger partial charge in [-0.25, -0.2) is 4.79 Å². The second-order valence-electron chi connectivity index (χ2n) is 6.44. The lowest BCUT2D eigenvalue weighted by Crippen LogP contribution is -2.58. The molecule has 0 aromatic heterocycles. The van der Waals surface area contributed by atoms with Crippen LogP contribution in [0, 0.1) is 0 Å². The Morgan fingerprint density at radius 2 is 1.55 bits per heavy atom. The van der Waals surface area contributed by atoms with E-state index in [1.807, 2.05) is 0 Å². The number of carbonyl (C=O) groups excluding carboxylic acids is 3. The molecule has 0 fully saturated rings. The zero-order valence-electron chi connectivity index (χ0n) is 16.2. The summed E-state index contributed by atoms with van der Waals surface area (Å²) in [5, 5.41) is 34.5. The molecule has 0 aromatic carbocycles. The van der Waals surface area contributed by atoms with Crippen LogP contribution in [-0.2, 0) is 19.2 Å². The summed E-state index contributed by atoms with van der Waals surface area (Å²) >= 11 is 3.99. The number of carbonyl (C=O) groups is 4. The number of amides is 3. The third-order valence-corrected chi connectivity index (χ3v) is 4.34. The smallest absolute Gasteiger partial charge is 0.328 e. The number of carboxylic acids is 1. The monoisotopic (exact) mass is 437 g/mol. The Kier molecular flexibility index (Phi) is 13.2. The minimum atomic E-state index is -1.56. The minimum absolute atomic E-state index is 0.113. The normalized spacial score (nSPS) is 16.1. The highest BCUT2D eigenvalue weighted by atomic mass is 32.1. The first-order chi connectivity index (χ1) is 13.6. The van der Waals surface area contributed by atoms with Crippen LogP contribution in [0.5, 0.6) is 0 Å². The lowest BCUT2D eigenvalue weighted by molar-refractivity contribution is -0.145. The van der Waals surface area contributed by atoms with E-state index in [0.717, 1.165) is 0 Å². The van der Waals surface area contributed by atoms with E-state index in [4.69, 9.17) is 21.7 Å². The van der Waals surface area contributed by atoms with Gasteiger partial charge in [-0.2, -0.15) is 12.6 Å². The molecule has 0 aliphatic carbocycles. The molecule has 0 aromatic rings. The maximum absolute atomic E-state index is 12.5. The Balaban J connectivity index is 5.23. The van der Waals surface area contributed by atoms with E-state index in [9.17, 15) is 24.3 Å². The molecule has 3 amide bonds. The highest BCUT2D eigenvalue weighted by molar-refractivity contribution is 7.80. The molecule has 0 aliphatic rings. The van der Waals surface area contributed by atoms with Crippen molar-refractivity contribution in [2.75, 3.05) is 18.9 Å². The second kappa shape index (κ2) is 14.1. The molecule has 0 rings (SSSR count). The molecule has 0 saturated carbocycles. The minimum Gasteiger partial charge on any atom is -0.480 e. The lowest BCUT2D eigenvalue weighted by Gasteiger charge is -2.25. The van der Waals surface area contributed by atoms with E-state index in [2.05, 4.69) is 28.6 Å². The number of nitrogens with two attached hydrogens (primary N) is 2. The number of rotatable bonds is 14. The maximum atomic E-state index is 12.5. The molecule has 5 unspecified atom stereocenters. The number of unbranched alkanes of at least 4 members (excludes halogenated alkanes) is 1. The van der Waals surface area contributed by atoms with Gasteiger partial charge in [0.1, 0.15) is 18.1 Å². The predicted octanol–water partition coefficient (Wildman–Crippen LogP) is -3.72. The molecule has 0 heterocycles. The molecule has 0 saturated heterocycles. The van der Waals surface area contributed by atoms with E-state index in [1.54, 1.807) is 0 Å². The molecule has 0 bridgehead atoms. The summed E-state index contributed by atoms with van der Waals surface area (Å²) in [5.74, 6) is -3.86. The van der Waals surface area contributed by atoms with Crippen molar-refractivity contribution in [3.63, 3.8) is 0 Å². The fourth-order valence-corrected chi connectivity index (χ4v) is 2.49. The molecular weight excluding hydrogens is 406 g/mol. The highest BCUT2D eigenvalue weighted by Crippen LogP contribution is 2.04. The van der Waals surface area contributed by atoms with Gasteiger partial charge in [0, 0.05) is 5.75 Å². The summed E-state index contributed by atoms with van der Waals surface area (Å²) in [6.07, 6.45) is -0.170. The summed E-state index contributed by atoms with van der Waals surface area (Å²) in [5.41, 5.74) is 10.8. The van der Waals surface area contributed by atoms with Crippen molar-refractivity contribution in [3.8, 4) is 0 Å². The van der Waals surface area contributed by atoms with Crippen LogP contribution in [0.25, 0.3) is 0 Å². The van der Waals surface area contributed by atoms with Crippen molar-refractivity contribution in [2.24, 2.45) is 11.5 Å². The summed E-state index contributed by atoms with van der Waals surface area (Å²) in [6, 6.07) is -5.05. The van der Waals surface area contributed by atoms with Crippen LogP contribution in [-0.4, -0.2) is 88.2 Å². The van der Waals surface area contributed by atoms with Crippen molar-refractivity contribution in [1.82, 2.24) is 16.0 Å². The molecule has 0 spiro atoms. The van der Waals surface area contributed by atoms with Gasteiger partial charge in [-0.1, -0.05) is 0 Å². The number of nitrogens with one attached hydrogen (secondary N) is 3. The Hall–Kier alpha value is -1.93. The largest absolute Gasteiger partial charge is 0.480 e. The van der Waals surface area contributed by atoms with Crippen LogP contribution in [0.15, 0.2) is 0 Å². The number of carboxylic acid groups (broad SMARTS) is 1. The van der Waals surface area contributed by atoms with Crippen molar-refractivity contribution in [1.29, 1.82) is 0 Å².